The summed E-state index contributed by atoms with van der Waals surface area (Å²) in [5, 5.41) is 0.970. The Morgan fingerprint density at radius 3 is 2.54 bits per heavy atom. The summed E-state index contributed by atoms with van der Waals surface area (Å²) < 4.78 is 22.0. The van der Waals surface area contributed by atoms with Crippen molar-refractivity contribution >= 4 is 16.9 Å². The van der Waals surface area contributed by atoms with Gasteiger partial charge in [0.05, 0.1) is 33.9 Å². The van der Waals surface area contributed by atoms with Crippen molar-refractivity contribution in [1.29, 1.82) is 0 Å². The number of carbonyl (C=O) groups is 1. The molecule has 3 aromatic rings. The van der Waals surface area contributed by atoms with Crippen molar-refractivity contribution in [2.75, 3.05) is 40.5 Å². The van der Waals surface area contributed by atoms with Crippen LogP contribution in [-0.2, 0) is 16.0 Å². The fourth-order valence-electron chi connectivity index (χ4n) is 3.43. The standard InChI is InChI=1S/C22H23NO5/c1-25-19-6-4-16(13-21(19)26-2)20-14-17-11-15(3-5-18(17)28-20)12-22(24)23-7-9-27-10-8-23/h3-6,11,13-14H,7-10,12H2,1-2H3. The van der Waals surface area contributed by atoms with Gasteiger partial charge in [0.2, 0.25) is 5.91 Å². The number of rotatable bonds is 5. The van der Waals surface area contributed by atoms with Crippen LogP contribution in [0.5, 0.6) is 11.5 Å². The van der Waals surface area contributed by atoms with Gasteiger partial charge >= 0.3 is 0 Å². The zero-order valence-electron chi connectivity index (χ0n) is 16.1. The van der Waals surface area contributed by atoms with Crippen molar-refractivity contribution < 1.29 is 23.4 Å². The van der Waals surface area contributed by atoms with E-state index in [1.54, 1.807) is 14.2 Å². The highest BCUT2D eigenvalue weighted by Gasteiger charge is 2.17. The van der Waals surface area contributed by atoms with Gasteiger partial charge in [0.15, 0.2) is 11.5 Å². The van der Waals surface area contributed by atoms with Crippen LogP contribution in [0.4, 0.5) is 0 Å². The predicted molar refractivity (Wildman–Crippen MR) is 106 cm³/mol. The predicted octanol–water partition coefficient (Wildman–Crippen LogP) is 3.52. The lowest BCUT2D eigenvalue weighted by Gasteiger charge is -2.26. The number of nitrogens with zero attached hydrogens (tertiary/aromatic N) is 1. The molecule has 1 fully saturated rings. The Morgan fingerprint density at radius 1 is 1.00 bits per heavy atom. The molecule has 0 spiro atoms. The maximum absolute atomic E-state index is 12.5. The number of ether oxygens (including phenoxy) is 3. The Balaban J connectivity index is 1.57. The molecule has 6 heteroatoms. The van der Waals surface area contributed by atoms with Crippen LogP contribution in [-0.4, -0.2) is 51.3 Å². The SMILES string of the molecule is COc1ccc(-c2cc3cc(CC(=O)N4CCOCC4)ccc3o2)cc1OC. The number of fused-ring (bicyclic) bond motifs is 1. The lowest BCUT2D eigenvalue weighted by atomic mass is 10.1. The fourth-order valence-corrected chi connectivity index (χ4v) is 3.43. The van der Waals surface area contributed by atoms with Crippen molar-refractivity contribution in [2.24, 2.45) is 0 Å². The Bertz CT molecular complexity index is 988. The average Bonchev–Trinajstić information content (AvgIpc) is 3.17. The van der Waals surface area contributed by atoms with E-state index >= 15 is 0 Å². The Morgan fingerprint density at radius 2 is 1.79 bits per heavy atom. The molecule has 1 aliphatic heterocycles. The lowest BCUT2D eigenvalue weighted by Crippen LogP contribution is -2.41. The van der Waals surface area contributed by atoms with Gasteiger partial charge in [0, 0.05) is 24.0 Å². The molecular weight excluding hydrogens is 358 g/mol. The van der Waals surface area contributed by atoms with E-state index in [0.29, 0.717) is 44.2 Å². The van der Waals surface area contributed by atoms with Crippen LogP contribution in [0.3, 0.4) is 0 Å². The van der Waals surface area contributed by atoms with Crippen LogP contribution < -0.4 is 9.47 Å². The first kappa shape index (κ1) is 18.4. The molecule has 2 aromatic carbocycles. The van der Waals surface area contributed by atoms with E-state index in [1.165, 1.54) is 0 Å². The minimum absolute atomic E-state index is 0.131. The highest BCUT2D eigenvalue weighted by Crippen LogP contribution is 2.35. The maximum Gasteiger partial charge on any atom is 0.227 e. The zero-order chi connectivity index (χ0) is 19.5. The molecule has 2 heterocycles. The van der Waals surface area contributed by atoms with Crippen LogP contribution in [0.2, 0.25) is 0 Å². The molecule has 0 unspecified atom stereocenters. The second-order valence-electron chi connectivity index (χ2n) is 6.72. The van der Waals surface area contributed by atoms with Gasteiger partial charge in [-0.1, -0.05) is 6.07 Å². The lowest BCUT2D eigenvalue weighted by molar-refractivity contribution is -0.134. The second-order valence-corrected chi connectivity index (χ2v) is 6.72. The highest BCUT2D eigenvalue weighted by molar-refractivity contribution is 5.86. The van der Waals surface area contributed by atoms with Crippen LogP contribution in [0.15, 0.2) is 46.9 Å². The van der Waals surface area contributed by atoms with Gasteiger partial charge in [-0.25, -0.2) is 0 Å². The summed E-state index contributed by atoms with van der Waals surface area (Å²) in [7, 11) is 3.22. The van der Waals surface area contributed by atoms with E-state index in [1.807, 2.05) is 47.4 Å². The quantitative estimate of drug-likeness (QED) is 0.677. The molecule has 0 N–H and O–H groups in total. The third kappa shape index (κ3) is 3.68. The maximum atomic E-state index is 12.5. The van der Waals surface area contributed by atoms with Crippen molar-refractivity contribution in [3.8, 4) is 22.8 Å². The van der Waals surface area contributed by atoms with Crippen LogP contribution in [0.25, 0.3) is 22.3 Å². The van der Waals surface area contributed by atoms with Crippen LogP contribution >= 0.6 is 0 Å². The third-order valence-corrected chi connectivity index (χ3v) is 4.97. The molecule has 1 amide bonds. The summed E-state index contributed by atoms with van der Waals surface area (Å²) in [6.07, 6.45) is 0.382. The van der Waals surface area contributed by atoms with Crippen molar-refractivity contribution in [2.45, 2.75) is 6.42 Å². The van der Waals surface area contributed by atoms with Crippen molar-refractivity contribution in [1.82, 2.24) is 4.90 Å². The molecule has 0 bridgehead atoms. The van der Waals surface area contributed by atoms with Gasteiger partial charge < -0.3 is 23.5 Å². The van der Waals surface area contributed by atoms with Gasteiger partial charge in [-0.3, -0.25) is 4.79 Å². The first-order valence-electron chi connectivity index (χ1n) is 9.28. The van der Waals surface area contributed by atoms with E-state index in [2.05, 4.69) is 0 Å². The first-order valence-corrected chi connectivity index (χ1v) is 9.28. The molecule has 0 atom stereocenters. The minimum Gasteiger partial charge on any atom is -0.493 e. The Labute approximate surface area is 163 Å². The van der Waals surface area contributed by atoms with E-state index < -0.39 is 0 Å². The summed E-state index contributed by atoms with van der Waals surface area (Å²) >= 11 is 0. The number of hydrogen-bond donors (Lipinski definition) is 0. The zero-order valence-corrected chi connectivity index (χ0v) is 16.1. The molecule has 1 aromatic heterocycles. The molecule has 0 radical (unpaired) electrons. The molecule has 146 valence electrons. The molecule has 28 heavy (non-hydrogen) atoms. The molecule has 4 rings (SSSR count). The van der Waals surface area contributed by atoms with E-state index in [-0.39, 0.29) is 5.91 Å². The number of amides is 1. The Kier molecular flexibility index (Phi) is 5.21. The smallest absolute Gasteiger partial charge is 0.227 e. The van der Waals surface area contributed by atoms with Gasteiger partial charge in [-0.05, 0) is 42.0 Å². The summed E-state index contributed by atoms with van der Waals surface area (Å²) in [6, 6.07) is 13.5. The van der Waals surface area contributed by atoms with E-state index in [9.17, 15) is 4.79 Å². The summed E-state index contributed by atoms with van der Waals surface area (Å²) in [5.41, 5.74) is 2.66. The topological polar surface area (TPSA) is 61.1 Å². The molecule has 0 aliphatic carbocycles. The number of benzene rings is 2. The van der Waals surface area contributed by atoms with E-state index in [0.717, 1.165) is 27.9 Å². The van der Waals surface area contributed by atoms with Gasteiger partial charge in [0.25, 0.3) is 0 Å². The second kappa shape index (κ2) is 7.94. The van der Waals surface area contributed by atoms with Crippen LogP contribution in [0, 0.1) is 0 Å². The minimum atomic E-state index is 0.131. The monoisotopic (exact) mass is 381 g/mol. The third-order valence-electron chi connectivity index (χ3n) is 4.97. The van der Waals surface area contributed by atoms with Gasteiger partial charge in [-0.2, -0.15) is 0 Å². The fraction of sp³-hybridized carbons (Fsp3) is 0.318. The number of methoxy groups -OCH3 is 2. The normalized spacial score (nSPS) is 14.3. The number of carbonyl (C=O) groups excluding carboxylic acids is 1. The molecule has 1 saturated heterocycles. The first-order chi connectivity index (χ1) is 13.7. The summed E-state index contributed by atoms with van der Waals surface area (Å²) in [6.45, 7) is 2.55. The molecule has 6 nitrogen and oxygen atoms in total. The van der Waals surface area contributed by atoms with Gasteiger partial charge in [0.1, 0.15) is 11.3 Å². The number of hydrogen-bond acceptors (Lipinski definition) is 5. The summed E-state index contributed by atoms with van der Waals surface area (Å²) in [4.78, 5) is 14.3. The van der Waals surface area contributed by atoms with Gasteiger partial charge in [-0.15, -0.1) is 0 Å². The van der Waals surface area contributed by atoms with Crippen LogP contribution in [0.1, 0.15) is 5.56 Å². The largest absolute Gasteiger partial charge is 0.493 e. The Hall–Kier alpha value is -2.99. The van der Waals surface area contributed by atoms with Crippen molar-refractivity contribution in [3.63, 3.8) is 0 Å². The molecular formula is C22H23NO5. The van der Waals surface area contributed by atoms with Crippen molar-refractivity contribution in [3.05, 3.63) is 48.0 Å². The highest BCUT2D eigenvalue weighted by atomic mass is 16.5. The average molecular weight is 381 g/mol. The molecule has 1 aliphatic rings. The molecule has 0 saturated carbocycles. The van der Waals surface area contributed by atoms with E-state index in [4.69, 9.17) is 18.6 Å². The number of morpholine rings is 1. The number of furan rings is 1. The summed E-state index contributed by atoms with van der Waals surface area (Å²) in [5.74, 6) is 2.20.